The first-order valence-electron chi connectivity index (χ1n) is 6.56. The van der Waals surface area contributed by atoms with Crippen molar-refractivity contribution in [3.8, 4) is 11.4 Å². The summed E-state index contributed by atoms with van der Waals surface area (Å²) in [6.07, 6.45) is 2.61. The number of H-pyrrole nitrogens is 1. The zero-order chi connectivity index (χ0) is 12.9. The largest absolute Gasteiger partial charge is 0.309 e. The third-order valence-corrected chi connectivity index (χ3v) is 4.50. The van der Waals surface area contributed by atoms with E-state index in [0.717, 1.165) is 12.1 Å². The summed E-state index contributed by atoms with van der Waals surface area (Å²) in [5.74, 6) is 3.19. The van der Waals surface area contributed by atoms with Crippen molar-refractivity contribution in [1.29, 1.82) is 0 Å². The van der Waals surface area contributed by atoms with Crippen molar-refractivity contribution in [2.45, 2.75) is 25.4 Å². The van der Waals surface area contributed by atoms with Crippen molar-refractivity contribution < 1.29 is 0 Å². The van der Waals surface area contributed by atoms with Gasteiger partial charge in [0.15, 0.2) is 0 Å². The summed E-state index contributed by atoms with van der Waals surface area (Å²) in [5.41, 5.74) is 2.27. The Hall–Kier alpha value is -1.40. The van der Waals surface area contributed by atoms with Crippen LogP contribution < -0.4 is 5.32 Å². The van der Waals surface area contributed by atoms with Gasteiger partial charge in [-0.15, -0.1) is 10.2 Å². The third kappa shape index (κ3) is 3.33. The van der Waals surface area contributed by atoms with Gasteiger partial charge in [0, 0.05) is 23.9 Å². The maximum atomic E-state index is 4.01. The Labute approximate surface area is 116 Å². The normalized spacial score (nSPS) is 19.5. The van der Waals surface area contributed by atoms with E-state index in [1.54, 1.807) is 0 Å². The molecule has 1 aromatic carbocycles. The smallest absolute Gasteiger partial charge is 0.204 e. The molecule has 1 saturated heterocycles. The summed E-state index contributed by atoms with van der Waals surface area (Å²) in [6.45, 7) is 0.900. The number of aromatic amines is 1. The van der Waals surface area contributed by atoms with Gasteiger partial charge in [-0.25, -0.2) is 0 Å². The van der Waals surface area contributed by atoms with Gasteiger partial charge in [-0.05, 0) is 35.4 Å². The predicted molar refractivity (Wildman–Crippen MR) is 76.8 cm³/mol. The van der Waals surface area contributed by atoms with Gasteiger partial charge < -0.3 is 5.32 Å². The Kier molecular flexibility index (Phi) is 4.10. The first-order valence-corrected chi connectivity index (χ1v) is 7.71. The van der Waals surface area contributed by atoms with E-state index in [2.05, 4.69) is 38.1 Å². The molecular formula is C13H17N5S. The highest BCUT2D eigenvalue weighted by Gasteiger charge is 2.12. The molecule has 2 aromatic rings. The van der Waals surface area contributed by atoms with Crippen LogP contribution in [-0.4, -0.2) is 38.2 Å². The van der Waals surface area contributed by atoms with Crippen LogP contribution in [0.3, 0.4) is 0 Å². The average molecular weight is 275 g/mol. The van der Waals surface area contributed by atoms with Gasteiger partial charge >= 0.3 is 0 Å². The maximum Gasteiger partial charge on any atom is 0.204 e. The monoisotopic (exact) mass is 275 g/mol. The van der Waals surface area contributed by atoms with Gasteiger partial charge in [-0.1, -0.05) is 18.2 Å². The highest BCUT2D eigenvalue weighted by atomic mass is 32.2. The Bertz CT molecular complexity index is 508. The zero-order valence-corrected chi connectivity index (χ0v) is 11.5. The molecule has 0 bridgehead atoms. The lowest BCUT2D eigenvalue weighted by Crippen LogP contribution is -2.33. The molecule has 0 unspecified atom stereocenters. The van der Waals surface area contributed by atoms with Gasteiger partial charge in [0.25, 0.3) is 0 Å². The Morgan fingerprint density at radius 2 is 2.42 bits per heavy atom. The molecule has 2 N–H and O–H groups in total. The van der Waals surface area contributed by atoms with Crippen molar-refractivity contribution >= 4 is 11.8 Å². The van der Waals surface area contributed by atoms with Crippen LogP contribution in [0.15, 0.2) is 24.3 Å². The maximum absolute atomic E-state index is 4.01. The molecular weight excluding hydrogens is 258 g/mol. The molecule has 3 rings (SSSR count). The number of hydrogen-bond acceptors (Lipinski definition) is 5. The van der Waals surface area contributed by atoms with E-state index in [9.17, 15) is 0 Å². The second-order valence-electron chi connectivity index (χ2n) is 4.73. The Balaban J connectivity index is 1.63. The van der Waals surface area contributed by atoms with Crippen LogP contribution in [-0.2, 0) is 6.54 Å². The molecule has 1 atom stereocenters. The van der Waals surface area contributed by atoms with Crippen molar-refractivity contribution in [3.05, 3.63) is 29.8 Å². The van der Waals surface area contributed by atoms with Gasteiger partial charge in [-0.2, -0.15) is 17.0 Å². The molecule has 5 nitrogen and oxygen atoms in total. The van der Waals surface area contributed by atoms with E-state index in [0.29, 0.717) is 11.9 Å². The molecule has 0 spiro atoms. The molecule has 1 fully saturated rings. The van der Waals surface area contributed by atoms with Gasteiger partial charge in [0.1, 0.15) is 0 Å². The highest BCUT2D eigenvalue weighted by Crippen LogP contribution is 2.18. The van der Waals surface area contributed by atoms with Crippen LogP contribution in [0.5, 0.6) is 0 Å². The average Bonchev–Trinajstić information content (AvgIpc) is 3.01. The van der Waals surface area contributed by atoms with E-state index < -0.39 is 0 Å². The lowest BCUT2D eigenvalue weighted by molar-refractivity contribution is 0.508. The summed E-state index contributed by atoms with van der Waals surface area (Å²) in [4.78, 5) is 0. The number of nitrogens with zero attached hydrogens (tertiary/aromatic N) is 3. The minimum atomic E-state index is 0.646. The number of thioether (sulfide) groups is 1. The van der Waals surface area contributed by atoms with Crippen LogP contribution in [0.1, 0.15) is 18.4 Å². The lowest BCUT2D eigenvalue weighted by atomic mass is 10.1. The molecule has 1 aliphatic heterocycles. The number of rotatable bonds is 4. The fourth-order valence-corrected chi connectivity index (χ4v) is 3.37. The molecule has 6 heteroatoms. The summed E-state index contributed by atoms with van der Waals surface area (Å²) in [6, 6.07) is 8.94. The number of aromatic nitrogens is 4. The summed E-state index contributed by atoms with van der Waals surface area (Å²) in [7, 11) is 0. The second-order valence-corrected chi connectivity index (χ2v) is 5.88. The van der Waals surface area contributed by atoms with E-state index in [-0.39, 0.29) is 0 Å². The Morgan fingerprint density at radius 1 is 1.42 bits per heavy atom. The summed E-state index contributed by atoms with van der Waals surface area (Å²) >= 11 is 2.04. The van der Waals surface area contributed by atoms with E-state index >= 15 is 0 Å². The quantitative estimate of drug-likeness (QED) is 0.891. The molecule has 2 heterocycles. The number of tetrazole rings is 1. The topological polar surface area (TPSA) is 66.5 Å². The second kappa shape index (κ2) is 6.16. The molecule has 19 heavy (non-hydrogen) atoms. The summed E-state index contributed by atoms with van der Waals surface area (Å²) in [5, 5.41) is 17.7. The first kappa shape index (κ1) is 12.6. The fourth-order valence-electron chi connectivity index (χ4n) is 2.27. The fraction of sp³-hybridized carbons (Fsp3) is 0.462. The van der Waals surface area contributed by atoms with E-state index in [1.807, 2.05) is 23.9 Å². The minimum absolute atomic E-state index is 0.646. The highest BCUT2D eigenvalue weighted by molar-refractivity contribution is 7.99. The standard InChI is InChI=1S/C13H17N5S/c1-3-10(8-14-12-5-2-6-19-9-12)7-11(4-1)13-15-17-18-16-13/h1,3-4,7,12,14H,2,5-6,8-9H2,(H,15,16,17,18)/t12-/m0/s1. The van der Waals surface area contributed by atoms with Crippen LogP contribution in [0.4, 0.5) is 0 Å². The number of nitrogens with one attached hydrogen (secondary N) is 2. The predicted octanol–water partition coefficient (Wildman–Crippen LogP) is 1.85. The van der Waals surface area contributed by atoms with Crippen LogP contribution in [0.2, 0.25) is 0 Å². The van der Waals surface area contributed by atoms with Crippen molar-refractivity contribution in [1.82, 2.24) is 25.9 Å². The first-order chi connectivity index (χ1) is 9.42. The van der Waals surface area contributed by atoms with Crippen LogP contribution in [0, 0.1) is 0 Å². The van der Waals surface area contributed by atoms with Crippen molar-refractivity contribution in [3.63, 3.8) is 0 Å². The number of benzene rings is 1. The SMILES string of the molecule is c1cc(CN[C@H]2CCCSC2)cc(-c2nn[nH]n2)c1. The number of hydrogen-bond donors (Lipinski definition) is 2. The summed E-state index contributed by atoms with van der Waals surface area (Å²) < 4.78 is 0. The minimum Gasteiger partial charge on any atom is -0.309 e. The van der Waals surface area contributed by atoms with Crippen molar-refractivity contribution in [2.24, 2.45) is 0 Å². The van der Waals surface area contributed by atoms with Gasteiger partial charge in [-0.3, -0.25) is 0 Å². The molecule has 0 amide bonds. The van der Waals surface area contributed by atoms with Crippen LogP contribution in [0.25, 0.3) is 11.4 Å². The van der Waals surface area contributed by atoms with Crippen LogP contribution >= 0.6 is 11.8 Å². The van der Waals surface area contributed by atoms with Gasteiger partial charge in [0.05, 0.1) is 0 Å². The molecule has 0 aliphatic carbocycles. The van der Waals surface area contributed by atoms with Crippen molar-refractivity contribution in [2.75, 3.05) is 11.5 Å². The molecule has 0 radical (unpaired) electrons. The van der Waals surface area contributed by atoms with Gasteiger partial charge in [0.2, 0.25) is 5.82 Å². The van der Waals surface area contributed by atoms with E-state index in [4.69, 9.17) is 0 Å². The molecule has 100 valence electrons. The molecule has 0 saturated carbocycles. The third-order valence-electron chi connectivity index (χ3n) is 3.29. The lowest BCUT2D eigenvalue weighted by Gasteiger charge is -2.22. The zero-order valence-electron chi connectivity index (χ0n) is 10.7. The van der Waals surface area contributed by atoms with E-state index in [1.165, 1.54) is 29.9 Å². The Morgan fingerprint density at radius 3 is 3.21 bits per heavy atom. The molecule has 1 aliphatic rings. The molecule has 1 aromatic heterocycles.